The lowest BCUT2D eigenvalue weighted by Crippen LogP contribution is -2.38. The molecule has 0 aliphatic rings. The molecule has 6 heteroatoms. The fourth-order valence-corrected chi connectivity index (χ4v) is 8.19. The van der Waals surface area contributed by atoms with E-state index in [1.807, 2.05) is 16.9 Å². The molecule has 3 aromatic carbocycles. The minimum atomic E-state index is -2.22. The first-order valence-electron chi connectivity index (χ1n) is 9.46. The molecule has 0 saturated carbocycles. The van der Waals surface area contributed by atoms with Crippen LogP contribution in [-0.4, -0.2) is 14.6 Å². The Morgan fingerprint density at radius 3 is 1.60 bits per heavy atom. The van der Waals surface area contributed by atoms with E-state index < -0.39 is 7.26 Å². The maximum absolute atomic E-state index is 6.07. The van der Waals surface area contributed by atoms with Crippen molar-refractivity contribution in [1.82, 2.24) is 14.6 Å². The molecule has 0 aliphatic heterocycles. The van der Waals surface area contributed by atoms with Gasteiger partial charge in [0.05, 0.1) is 6.20 Å². The van der Waals surface area contributed by atoms with Crippen molar-refractivity contribution in [2.24, 2.45) is 0 Å². The summed E-state index contributed by atoms with van der Waals surface area (Å²) in [5.41, 5.74) is 6.87. The number of nitrogen functional groups attached to an aromatic ring is 1. The molecule has 0 bridgehead atoms. The van der Waals surface area contributed by atoms with Crippen LogP contribution in [0.2, 0.25) is 0 Å². The minimum Gasteiger partial charge on any atom is -0.384 e. The molecule has 5 rings (SSSR count). The van der Waals surface area contributed by atoms with Crippen molar-refractivity contribution < 1.29 is 0 Å². The van der Waals surface area contributed by atoms with Gasteiger partial charge < -0.3 is 5.73 Å². The van der Waals surface area contributed by atoms with Gasteiger partial charge in [-0.25, -0.2) is 9.50 Å². The lowest BCUT2D eigenvalue weighted by atomic mass is 10.4. The van der Waals surface area contributed by atoms with Crippen LogP contribution in [0.1, 0.15) is 0 Å². The third-order valence-corrected chi connectivity index (χ3v) is 9.42. The zero-order valence-electron chi connectivity index (χ0n) is 16.2. The summed E-state index contributed by atoms with van der Waals surface area (Å²) in [6.07, 6.45) is 3.83. The number of rotatable bonds is 4. The Bertz CT molecular complexity index is 1160. The Hall–Kier alpha value is -3.20. The van der Waals surface area contributed by atoms with E-state index in [4.69, 9.17) is 5.73 Å². The Balaban J connectivity index is 0.00000218. The molecule has 0 spiro atoms. The van der Waals surface area contributed by atoms with Crippen LogP contribution in [0.4, 0.5) is 5.82 Å². The lowest BCUT2D eigenvalue weighted by Gasteiger charge is -2.26. The second-order valence-electron chi connectivity index (χ2n) is 6.83. The molecule has 2 heterocycles. The maximum atomic E-state index is 6.07. The molecule has 0 atom stereocenters. The summed E-state index contributed by atoms with van der Waals surface area (Å²) in [5, 5.41) is 9.52. The van der Waals surface area contributed by atoms with E-state index in [0.717, 1.165) is 11.0 Å². The Morgan fingerprint density at radius 1 is 0.667 bits per heavy atom. The molecule has 0 unspecified atom stereocenters. The second kappa shape index (κ2) is 8.27. The van der Waals surface area contributed by atoms with E-state index >= 15 is 0 Å². The van der Waals surface area contributed by atoms with E-state index in [9.17, 15) is 0 Å². The first-order valence-corrected chi connectivity index (χ1v) is 11.3. The number of hydrogen-bond acceptors (Lipinski definition) is 3. The van der Waals surface area contributed by atoms with E-state index in [1.165, 1.54) is 15.9 Å². The monoisotopic (exact) mass is 431 g/mol. The summed E-state index contributed by atoms with van der Waals surface area (Å²) in [5.74, 6) is 0.492. The quantitative estimate of drug-likeness (QED) is 0.444. The van der Waals surface area contributed by atoms with Gasteiger partial charge >= 0.3 is 0 Å². The molecular weight excluding hydrogens is 411 g/mol. The standard InChI is InChI=1S/C24H20N4P.ClH/c25-23-16-17-28-24(27-23)22(18-26-28)29(19-10-4-1-5-11-19,20-12-6-2-7-13-20)21-14-8-3-9-15-21;/h1-18H,(H2,25,27);1H/q+1;. The topological polar surface area (TPSA) is 56.2 Å². The SMILES string of the molecule is Cl.Nc1ccn2ncc([P+](c3ccccc3)(c3ccccc3)c3ccccc3)c2n1. The van der Waals surface area contributed by atoms with Crippen LogP contribution in [-0.2, 0) is 0 Å². The highest BCUT2D eigenvalue weighted by Gasteiger charge is 2.50. The number of nitrogens with zero attached hydrogens (tertiary/aromatic N) is 3. The molecule has 0 fully saturated rings. The number of nitrogens with two attached hydrogens (primary N) is 1. The van der Waals surface area contributed by atoms with Gasteiger partial charge in [-0.3, -0.25) is 0 Å². The van der Waals surface area contributed by atoms with Crippen molar-refractivity contribution in [3.05, 3.63) is 109 Å². The highest BCUT2D eigenvalue weighted by molar-refractivity contribution is 8.01. The molecular formula is C24H21ClN4P+. The number of aromatic nitrogens is 3. The fraction of sp³-hybridized carbons (Fsp3) is 0. The maximum Gasteiger partial charge on any atom is 0.201 e. The first-order chi connectivity index (χ1) is 14.3. The van der Waals surface area contributed by atoms with Gasteiger partial charge in [-0.2, -0.15) is 5.10 Å². The van der Waals surface area contributed by atoms with Crippen molar-refractivity contribution in [3.8, 4) is 0 Å². The molecule has 0 aliphatic carbocycles. The van der Waals surface area contributed by atoms with E-state index in [2.05, 4.69) is 101 Å². The number of halogens is 1. The van der Waals surface area contributed by atoms with Gasteiger partial charge in [0.25, 0.3) is 0 Å². The second-order valence-corrected chi connectivity index (χ2v) is 10.2. The van der Waals surface area contributed by atoms with Gasteiger partial charge in [-0.05, 0) is 42.5 Å². The van der Waals surface area contributed by atoms with E-state index in [1.54, 1.807) is 6.07 Å². The predicted molar refractivity (Wildman–Crippen MR) is 129 cm³/mol. The summed E-state index contributed by atoms with van der Waals surface area (Å²) in [6, 6.07) is 33.8. The zero-order valence-corrected chi connectivity index (χ0v) is 17.9. The summed E-state index contributed by atoms with van der Waals surface area (Å²) in [7, 11) is -2.22. The molecule has 2 aromatic heterocycles. The third kappa shape index (κ3) is 3.15. The predicted octanol–water partition coefficient (Wildman–Crippen LogP) is 3.35. The van der Waals surface area contributed by atoms with Gasteiger partial charge in [-0.1, -0.05) is 54.6 Å². The third-order valence-electron chi connectivity index (χ3n) is 5.16. The van der Waals surface area contributed by atoms with Gasteiger partial charge in [0.1, 0.15) is 29.0 Å². The Morgan fingerprint density at radius 2 is 1.13 bits per heavy atom. The fourth-order valence-electron chi connectivity index (χ4n) is 3.93. The summed E-state index contributed by atoms with van der Waals surface area (Å²) in [6.45, 7) is 0. The number of hydrogen-bond donors (Lipinski definition) is 1. The summed E-state index contributed by atoms with van der Waals surface area (Å²) >= 11 is 0. The molecule has 30 heavy (non-hydrogen) atoms. The smallest absolute Gasteiger partial charge is 0.201 e. The molecule has 4 nitrogen and oxygen atoms in total. The minimum absolute atomic E-state index is 0. The molecule has 148 valence electrons. The largest absolute Gasteiger partial charge is 0.384 e. The molecule has 0 saturated heterocycles. The van der Waals surface area contributed by atoms with Crippen LogP contribution in [0.25, 0.3) is 5.65 Å². The van der Waals surface area contributed by atoms with Crippen LogP contribution in [0, 0.1) is 0 Å². The average molecular weight is 432 g/mol. The summed E-state index contributed by atoms with van der Waals surface area (Å²) < 4.78 is 1.81. The molecule has 2 N–H and O–H groups in total. The van der Waals surface area contributed by atoms with Crippen LogP contribution < -0.4 is 27.0 Å². The average Bonchev–Trinajstić information content (AvgIpc) is 3.20. The Kier molecular flexibility index (Phi) is 5.54. The van der Waals surface area contributed by atoms with Crippen molar-refractivity contribution in [1.29, 1.82) is 0 Å². The van der Waals surface area contributed by atoms with Crippen LogP contribution >= 0.6 is 19.7 Å². The van der Waals surface area contributed by atoms with Gasteiger partial charge in [0.2, 0.25) is 5.65 Å². The van der Waals surface area contributed by atoms with Crippen LogP contribution in [0.5, 0.6) is 0 Å². The van der Waals surface area contributed by atoms with Crippen LogP contribution in [0.15, 0.2) is 109 Å². The normalized spacial score (nSPS) is 11.2. The first kappa shape index (κ1) is 20.1. The molecule has 0 amide bonds. The zero-order chi connectivity index (χ0) is 19.7. The van der Waals surface area contributed by atoms with Crippen molar-refractivity contribution in [3.63, 3.8) is 0 Å². The highest BCUT2D eigenvalue weighted by Crippen LogP contribution is 2.54. The van der Waals surface area contributed by atoms with E-state index in [-0.39, 0.29) is 12.4 Å². The number of benzene rings is 3. The molecule has 5 aromatic rings. The number of fused-ring (bicyclic) bond motifs is 1. The molecule has 0 radical (unpaired) electrons. The number of anilines is 1. The van der Waals surface area contributed by atoms with Gasteiger partial charge in [-0.15, -0.1) is 12.4 Å². The Labute approximate surface area is 182 Å². The lowest BCUT2D eigenvalue weighted by molar-refractivity contribution is 0.942. The van der Waals surface area contributed by atoms with E-state index in [0.29, 0.717) is 5.82 Å². The van der Waals surface area contributed by atoms with Crippen LogP contribution in [0.3, 0.4) is 0 Å². The van der Waals surface area contributed by atoms with Gasteiger partial charge in [0.15, 0.2) is 5.30 Å². The van der Waals surface area contributed by atoms with Crippen molar-refractivity contribution in [2.45, 2.75) is 0 Å². The summed E-state index contributed by atoms with van der Waals surface area (Å²) in [4.78, 5) is 4.68. The van der Waals surface area contributed by atoms with Crippen molar-refractivity contribution >= 4 is 52.4 Å². The van der Waals surface area contributed by atoms with Crippen molar-refractivity contribution in [2.75, 3.05) is 5.73 Å². The highest BCUT2D eigenvalue weighted by atomic mass is 35.5. The van der Waals surface area contributed by atoms with Gasteiger partial charge in [0, 0.05) is 6.20 Å².